The van der Waals surface area contributed by atoms with Gasteiger partial charge in [0.05, 0.1) is 17.9 Å². The molecule has 2 aliphatic rings. The van der Waals surface area contributed by atoms with Crippen molar-refractivity contribution in [2.45, 2.75) is 4.87 Å². The van der Waals surface area contributed by atoms with Crippen molar-refractivity contribution in [2.24, 2.45) is 0 Å². The van der Waals surface area contributed by atoms with Crippen LogP contribution in [0.15, 0.2) is 42.5 Å². The molecule has 1 N–H and O–H groups in total. The predicted molar refractivity (Wildman–Crippen MR) is 94.7 cm³/mol. The third-order valence-electron chi connectivity index (χ3n) is 4.21. The molecule has 5 nitrogen and oxygen atoms in total. The first-order valence-corrected chi connectivity index (χ1v) is 8.66. The fraction of sp³-hybridized carbons (Fsp3) is 0.176. The minimum absolute atomic E-state index is 0.131. The Morgan fingerprint density at radius 3 is 2.79 bits per heavy atom. The van der Waals surface area contributed by atoms with Crippen LogP contribution in [-0.2, 0) is 14.5 Å². The summed E-state index contributed by atoms with van der Waals surface area (Å²) in [6, 6.07) is 12.5. The zero-order valence-corrected chi connectivity index (χ0v) is 14.3. The number of amides is 2. The zero-order valence-electron chi connectivity index (χ0n) is 12.7. The summed E-state index contributed by atoms with van der Waals surface area (Å²) in [4.78, 5) is 25.9. The lowest BCUT2D eigenvalue weighted by atomic mass is 10.0. The Labute approximate surface area is 147 Å². The van der Waals surface area contributed by atoms with Crippen molar-refractivity contribution in [2.75, 3.05) is 23.1 Å². The van der Waals surface area contributed by atoms with Crippen molar-refractivity contribution in [3.63, 3.8) is 0 Å². The summed E-state index contributed by atoms with van der Waals surface area (Å²) < 4.78 is 5.16. The number of nitrogens with one attached hydrogen (secondary N) is 1. The molecule has 122 valence electrons. The average molecular weight is 361 g/mol. The second-order valence-corrected chi connectivity index (χ2v) is 7.06. The smallest absolute Gasteiger partial charge is 0.266 e. The van der Waals surface area contributed by atoms with Gasteiger partial charge in [0.15, 0.2) is 0 Å². The van der Waals surface area contributed by atoms with Gasteiger partial charge in [-0.1, -0.05) is 29.8 Å². The first-order valence-electron chi connectivity index (χ1n) is 7.29. The van der Waals surface area contributed by atoms with Crippen molar-refractivity contribution < 1.29 is 14.3 Å². The fourth-order valence-corrected chi connectivity index (χ4v) is 4.74. The third kappa shape index (κ3) is 1.96. The summed E-state index contributed by atoms with van der Waals surface area (Å²) in [6.07, 6.45) is 0. The number of nitrogens with zero attached hydrogens (tertiary/aromatic N) is 1. The molecule has 0 aliphatic carbocycles. The largest absolute Gasteiger partial charge is 0.495 e. The molecule has 2 amide bonds. The van der Waals surface area contributed by atoms with E-state index in [4.69, 9.17) is 16.3 Å². The number of para-hydroxylation sites is 1. The maximum Gasteiger partial charge on any atom is 0.266 e. The number of anilines is 2. The Balaban J connectivity index is 1.89. The number of thioether (sulfide) groups is 1. The van der Waals surface area contributed by atoms with Gasteiger partial charge < -0.3 is 10.1 Å². The van der Waals surface area contributed by atoms with Gasteiger partial charge in [0.25, 0.3) is 5.91 Å². The number of fused-ring (bicyclic) bond motifs is 2. The molecule has 1 spiro atoms. The Morgan fingerprint density at radius 2 is 2.04 bits per heavy atom. The van der Waals surface area contributed by atoms with Crippen LogP contribution in [-0.4, -0.2) is 24.7 Å². The number of hydrogen-bond acceptors (Lipinski definition) is 4. The standard InChI is InChI=1S/C17H13ClN2O3S/c1-23-14-7-6-10(8-12(14)18)20-15(21)9-24-17(20)11-4-2-3-5-13(11)19-16(17)22/h2-8H,9H2,1H3,(H,19,22). The Morgan fingerprint density at radius 1 is 1.25 bits per heavy atom. The number of carbonyl (C=O) groups is 2. The average Bonchev–Trinajstić information content (AvgIpc) is 3.07. The van der Waals surface area contributed by atoms with Gasteiger partial charge in [-0.3, -0.25) is 14.5 Å². The van der Waals surface area contributed by atoms with Gasteiger partial charge in [0.2, 0.25) is 10.8 Å². The highest BCUT2D eigenvalue weighted by Crippen LogP contribution is 2.53. The van der Waals surface area contributed by atoms with E-state index < -0.39 is 4.87 Å². The number of hydrogen-bond donors (Lipinski definition) is 1. The van der Waals surface area contributed by atoms with Gasteiger partial charge in [-0.2, -0.15) is 0 Å². The molecular weight excluding hydrogens is 348 g/mol. The molecule has 7 heteroatoms. The lowest BCUT2D eigenvalue weighted by Gasteiger charge is -2.32. The Bertz CT molecular complexity index is 873. The number of benzene rings is 2. The third-order valence-corrected chi connectivity index (χ3v) is 5.90. The molecule has 0 saturated carbocycles. The second-order valence-electron chi connectivity index (χ2n) is 5.48. The molecule has 0 aromatic heterocycles. The maximum atomic E-state index is 12.8. The van der Waals surface area contributed by atoms with E-state index in [2.05, 4.69) is 5.32 Å². The summed E-state index contributed by atoms with van der Waals surface area (Å²) in [7, 11) is 1.53. The quantitative estimate of drug-likeness (QED) is 0.893. The van der Waals surface area contributed by atoms with Gasteiger partial charge in [0, 0.05) is 16.9 Å². The molecule has 1 fully saturated rings. The van der Waals surface area contributed by atoms with Crippen LogP contribution in [0.1, 0.15) is 5.56 Å². The van der Waals surface area contributed by atoms with Gasteiger partial charge in [0.1, 0.15) is 5.75 Å². The first-order chi connectivity index (χ1) is 11.6. The molecule has 0 bridgehead atoms. The van der Waals surface area contributed by atoms with E-state index in [1.54, 1.807) is 18.2 Å². The lowest BCUT2D eigenvalue weighted by Crippen LogP contribution is -2.47. The highest BCUT2D eigenvalue weighted by molar-refractivity contribution is 8.02. The van der Waals surface area contributed by atoms with Crippen molar-refractivity contribution in [1.82, 2.24) is 0 Å². The molecule has 2 heterocycles. The van der Waals surface area contributed by atoms with Gasteiger partial charge in [-0.25, -0.2) is 0 Å². The SMILES string of the molecule is COc1ccc(N2C(=O)CSC23C(=O)Nc2ccccc23)cc1Cl. The number of methoxy groups -OCH3 is 1. The zero-order chi connectivity index (χ0) is 16.9. The van der Waals surface area contributed by atoms with Gasteiger partial charge in [-0.15, -0.1) is 11.8 Å². The molecule has 4 rings (SSSR count). The summed E-state index contributed by atoms with van der Waals surface area (Å²) in [5, 5.41) is 3.27. The summed E-state index contributed by atoms with van der Waals surface area (Å²) in [5.74, 6) is 0.399. The van der Waals surface area contributed by atoms with E-state index in [1.807, 2.05) is 24.3 Å². The van der Waals surface area contributed by atoms with Gasteiger partial charge >= 0.3 is 0 Å². The number of rotatable bonds is 2. The first kappa shape index (κ1) is 15.4. The molecule has 1 saturated heterocycles. The molecular formula is C17H13ClN2O3S. The van der Waals surface area contributed by atoms with E-state index in [0.717, 1.165) is 11.3 Å². The van der Waals surface area contributed by atoms with Crippen molar-refractivity contribution in [3.8, 4) is 5.75 Å². The minimum atomic E-state index is -1.09. The van der Waals surface area contributed by atoms with E-state index >= 15 is 0 Å². The molecule has 2 aromatic carbocycles. The van der Waals surface area contributed by atoms with E-state index in [0.29, 0.717) is 16.5 Å². The van der Waals surface area contributed by atoms with Crippen LogP contribution >= 0.6 is 23.4 Å². The van der Waals surface area contributed by atoms with Crippen LogP contribution in [0.4, 0.5) is 11.4 Å². The molecule has 0 radical (unpaired) electrons. The molecule has 24 heavy (non-hydrogen) atoms. The maximum absolute atomic E-state index is 12.8. The van der Waals surface area contributed by atoms with E-state index in [-0.39, 0.29) is 17.6 Å². The predicted octanol–water partition coefficient (Wildman–Crippen LogP) is 3.23. The minimum Gasteiger partial charge on any atom is -0.495 e. The van der Waals surface area contributed by atoms with E-state index in [1.165, 1.54) is 23.8 Å². The van der Waals surface area contributed by atoms with Crippen molar-refractivity contribution in [3.05, 3.63) is 53.1 Å². The number of carbonyl (C=O) groups excluding carboxylic acids is 2. The van der Waals surface area contributed by atoms with Crippen molar-refractivity contribution in [1.29, 1.82) is 0 Å². The van der Waals surface area contributed by atoms with Crippen LogP contribution in [0.2, 0.25) is 5.02 Å². The summed E-state index contributed by atoms with van der Waals surface area (Å²) in [6.45, 7) is 0. The fourth-order valence-electron chi connectivity index (χ4n) is 3.17. The summed E-state index contributed by atoms with van der Waals surface area (Å²) in [5.41, 5.74) is 2.09. The summed E-state index contributed by atoms with van der Waals surface area (Å²) >= 11 is 7.54. The van der Waals surface area contributed by atoms with Crippen molar-refractivity contribution >= 4 is 46.6 Å². The lowest BCUT2D eigenvalue weighted by molar-refractivity contribution is -0.122. The monoisotopic (exact) mass is 360 g/mol. The Kier molecular flexibility index (Phi) is 3.47. The molecule has 2 aliphatic heterocycles. The van der Waals surface area contributed by atoms with Crippen LogP contribution in [0, 0.1) is 0 Å². The normalized spacial score (nSPS) is 22.0. The van der Waals surface area contributed by atoms with Gasteiger partial charge in [-0.05, 0) is 24.3 Å². The molecule has 2 aromatic rings. The van der Waals surface area contributed by atoms with Crippen LogP contribution in [0.3, 0.4) is 0 Å². The van der Waals surface area contributed by atoms with Crippen LogP contribution in [0.5, 0.6) is 5.75 Å². The van der Waals surface area contributed by atoms with Crippen LogP contribution in [0.25, 0.3) is 0 Å². The van der Waals surface area contributed by atoms with Crippen LogP contribution < -0.4 is 15.0 Å². The molecule has 1 unspecified atom stereocenters. The topological polar surface area (TPSA) is 58.6 Å². The van der Waals surface area contributed by atoms with E-state index in [9.17, 15) is 9.59 Å². The highest BCUT2D eigenvalue weighted by atomic mass is 35.5. The highest BCUT2D eigenvalue weighted by Gasteiger charge is 2.58. The Hall–Kier alpha value is -2.18. The number of halogens is 1. The molecule has 1 atom stereocenters. The number of ether oxygens (including phenoxy) is 1. The second kappa shape index (κ2) is 5.43.